The van der Waals surface area contributed by atoms with E-state index in [2.05, 4.69) is 14.6 Å². The van der Waals surface area contributed by atoms with Crippen LogP contribution in [0.15, 0.2) is 42.6 Å². The van der Waals surface area contributed by atoms with Crippen LogP contribution in [0.1, 0.15) is 5.56 Å². The van der Waals surface area contributed by atoms with Crippen LogP contribution in [0.3, 0.4) is 0 Å². The number of alkyl halides is 3. The van der Waals surface area contributed by atoms with Gasteiger partial charge in [-0.3, -0.25) is 15.0 Å². The number of anilines is 1. The third-order valence-electron chi connectivity index (χ3n) is 4.20. The Morgan fingerprint density at radius 2 is 1.78 bits per heavy atom. The van der Waals surface area contributed by atoms with Crippen LogP contribution in [0.4, 0.5) is 24.7 Å². The fourth-order valence-corrected chi connectivity index (χ4v) is 2.95. The molecule has 1 aliphatic heterocycles. The highest BCUT2D eigenvalue weighted by Crippen LogP contribution is 2.26. The Hall–Kier alpha value is -2.88. The van der Waals surface area contributed by atoms with Crippen molar-refractivity contribution in [1.29, 1.82) is 0 Å². The van der Waals surface area contributed by atoms with E-state index in [-0.39, 0.29) is 11.4 Å². The number of nitrogens with zero attached hydrogens (tertiary/aromatic N) is 4. The normalized spacial score (nSPS) is 15.6. The van der Waals surface area contributed by atoms with E-state index in [4.69, 9.17) is 0 Å². The first-order valence-electron chi connectivity index (χ1n) is 8.23. The summed E-state index contributed by atoms with van der Waals surface area (Å²) in [6.45, 7) is 3.05. The number of nitro groups is 1. The van der Waals surface area contributed by atoms with E-state index in [1.165, 1.54) is 30.5 Å². The number of aromatic nitrogens is 1. The van der Waals surface area contributed by atoms with Gasteiger partial charge < -0.3 is 9.64 Å². The van der Waals surface area contributed by atoms with E-state index >= 15 is 0 Å². The van der Waals surface area contributed by atoms with Gasteiger partial charge in [0, 0.05) is 45.0 Å². The molecule has 2 heterocycles. The maximum absolute atomic E-state index is 12.2. The van der Waals surface area contributed by atoms with Crippen molar-refractivity contribution in [3.8, 4) is 5.75 Å². The van der Waals surface area contributed by atoms with Gasteiger partial charge in [-0.15, -0.1) is 13.2 Å². The molecule has 1 saturated heterocycles. The Bertz CT molecular complexity index is 791. The maximum Gasteiger partial charge on any atom is 0.573 e. The molecule has 1 aromatic heterocycles. The van der Waals surface area contributed by atoms with Gasteiger partial charge in [-0.1, -0.05) is 12.1 Å². The number of benzene rings is 1. The summed E-state index contributed by atoms with van der Waals surface area (Å²) >= 11 is 0. The molecule has 3 rings (SSSR count). The molecule has 7 nitrogen and oxygen atoms in total. The van der Waals surface area contributed by atoms with Crippen LogP contribution in [0.2, 0.25) is 0 Å². The van der Waals surface area contributed by atoms with Gasteiger partial charge in [-0.25, -0.2) is 4.98 Å². The van der Waals surface area contributed by atoms with Crippen molar-refractivity contribution in [2.75, 3.05) is 31.1 Å². The first-order valence-corrected chi connectivity index (χ1v) is 8.23. The lowest BCUT2D eigenvalue weighted by molar-refractivity contribution is -0.384. The SMILES string of the molecule is O=[N+]([O-])c1cccnc1N1CCN(Cc2ccc(OC(F)(F)F)cc2)CC1. The molecule has 0 amide bonds. The third kappa shape index (κ3) is 5.07. The second kappa shape index (κ2) is 7.78. The summed E-state index contributed by atoms with van der Waals surface area (Å²) in [6, 6.07) is 8.73. The van der Waals surface area contributed by atoms with Gasteiger partial charge in [0.05, 0.1) is 4.92 Å². The topological polar surface area (TPSA) is 71.7 Å². The molecule has 0 radical (unpaired) electrons. The highest BCUT2D eigenvalue weighted by molar-refractivity contribution is 5.57. The first-order chi connectivity index (χ1) is 12.8. The maximum atomic E-state index is 12.2. The molecule has 0 bridgehead atoms. The molecule has 10 heteroatoms. The number of halogens is 3. The molecule has 0 unspecified atom stereocenters. The number of hydrogen-bond acceptors (Lipinski definition) is 6. The number of ether oxygens (including phenoxy) is 1. The van der Waals surface area contributed by atoms with E-state index in [0.717, 1.165) is 5.56 Å². The summed E-state index contributed by atoms with van der Waals surface area (Å²) in [5, 5.41) is 11.1. The molecule has 0 saturated carbocycles. The average molecular weight is 382 g/mol. The minimum Gasteiger partial charge on any atom is -0.406 e. The van der Waals surface area contributed by atoms with Gasteiger partial charge >= 0.3 is 12.0 Å². The predicted molar refractivity (Wildman–Crippen MR) is 91.5 cm³/mol. The van der Waals surface area contributed by atoms with Crippen molar-refractivity contribution in [2.24, 2.45) is 0 Å². The van der Waals surface area contributed by atoms with Crippen molar-refractivity contribution in [2.45, 2.75) is 12.9 Å². The lowest BCUT2D eigenvalue weighted by Crippen LogP contribution is -2.46. The van der Waals surface area contributed by atoms with Gasteiger partial charge in [0.2, 0.25) is 5.82 Å². The van der Waals surface area contributed by atoms with E-state index in [9.17, 15) is 23.3 Å². The largest absolute Gasteiger partial charge is 0.573 e. The molecule has 144 valence electrons. The zero-order chi connectivity index (χ0) is 19.4. The van der Waals surface area contributed by atoms with Crippen LogP contribution >= 0.6 is 0 Å². The van der Waals surface area contributed by atoms with Crippen molar-refractivity contribution in [1.82, 2.24) is 9.88 Å². The number of pyridine rings is 1. The Labute approximate surface area is 153 Å². The van der Waals surface area contributed by atoms with Gasteiger partial charge in [0.1, 0.15) is 5.75 Å². The van der Waals surface area contributed by atoms with Crippen LogP contribution in [-0.2, 0) is 6.54 Å². The lowest BCUT2D eigenvalue weighted by Gasteiger charge is -2.35. The molecule has 1 aliphatic rings. The van der Waals surface area contributed by atoms with Crippen LogP contribution < -0.4 is 9.64 Å². The second-order valence-electron chi connectivity index (χ2n) is 6.06. The van der Waals surface area contributed by atoms with E-state index in [1.807, 2.05) is 4.90 Å². The van der Waals surface area contributed by atoms with Crippen LogP contribution in [-0.4, -0.2) is 47.3 Å². The molecule has 1 aromatic carbocycles. The predicted octanol–water partition coefficient (Wildman–Crippen LogP) is 3.21. The van der Waals surface area contributed by atoms with Crippen LogP contribution in [0, 0.1) is 10.1 Å². The number of piperazine rings is 1. The Morgan fingerprint density at radius 1 is 1.11 bits per heavy atom. The second-order valence-corrected chi connectivity index (χ2v) is 6.06. The Morgan fingerprint density at radius 3 is 2.37 bits per heavy atom. The minimum atomic E-state index is -4.70. The van der Waals surface area contributed by atoms with E-state index < -0.39 is 11.3 Å². The smallest absolute Gasteiger partial charge is 0.406 e. The standard InChI is InChI=1S/C17H17F3N4O3/c18-17(19,20)27-14-5-3-13(4-6-14)12-22-8-10-23(11-9-22)16-15(24(25)26)2-1-7-21-16/h1-7H,8-12H2. The Balaban J connectivity index is 1.56. The lowest BCUT2D eigenvalue weighted by atomic mass is 10.2. The van der Waals surface area contributed by atoms with Crippen molar-refractivity contribution >= 4 is 11.5 Å². The highest BCUT2D eigenvalue weighted by atomic mass is 19.4. The molecular formula is C17H17F3N4O3. The van der Waals surface area contributed by atoms with E-state index in [0.29, 0.717) is 38.5 Å². The summed E-state index contributed by atoms with van der Waals surface area (Å²) < 4.78 is 40.4. The molecule has 0 aliphatic carbocycles. The molecule has 0 atom stereocenters. The van der Waals surface area contributed by atoms with E-state index in [1.54, 1.807) is 12.1 Å². The monoisotopic (exact) mass is 382 g/mol. The number of rotatable bonds is 5. The molecule has 27 heavy (non-hydrogen) atoms. The van der Waals surface area contributed by atoms with Crippen molar-refractivity contribution in [3.63, 3.8) is 0 Å². The minimum absolute atomic E-state index is 0.0220. The molecular weight excluding hydrogens is 365 g/mol. The summed E-state index contributed by atoms with van der Waals surface area (Å²) in [6.07, 6.45) is -3.18. The summed E-state index contributed by atoms with van der Waals surface area (Å²) in [7, 11) is 0. The van der Waals surface area contributed by atoms with Gasteiger partial charge in [-0.05, 0) is 23.8 Å². The fraction of sp³-hybridized carbons (Fsp3) is 0.353. The quantitative estimate of drug-likeness (QED) is 0.584. The van der Waals surface area contributed by atoms with Crippen molar-refractivity contribution < 1.29 is 22.8 Å². The van der Waals surface area contributed by atoms with Crippen LogP contribution in [0.5, 0.6) is 5.75 Å². The summed E-state index contributed by atoms with van der Waals surface area (Å²) in [5.74, 6) is 0.106. The fourth-order valence-electron chi connectivity index (χ4n) is 2.95. The third-order valence-corrected chi connectivity index (χ3v) is 4.20. The zero-order valence-corrected chi connectivity index (χ0v) is 14.2. The average Bonchev–Trinajstić information content (AvgIpc) is 2.63. The number of hydrogen-bond donors (Lipinski definition) is 0. The summed E-state index contributed by atoms with van der Waals surface area (Å²) in [4.78, 5) is 18.8. The van der Waals surface area contributed by atoms with Gasteiger partial charge in [0.25, 0.3) is 0 Å². The molecule has 1 fully saturated rings. The summed E-state index contributed by atoms with van der Waals surface area (Å²) in [5.41, 5.74) is 0.841. The molecule has 2 aromatic rings. The first kappa shape index (κ1) is 18.9. The van der Waals surface area contributed by atoms with Gasteiger partial charge in [-0.2, -0.15) is 0 Å². The van der Waals surface area contributed by atoms with Crippen molar-refractivity contribution in [3.05, 3.63) is 58.3 Å². The molecule has 0 N–H and O–H groups in total. The highest BCUT2D eigenvalue weighted by Gasteiger charge is 2.31. The Kier molecular flexibility index (Phi) is 5.45. The molecule has 0 spiro atoms. The van der Waals surface area contributed by atoms with Gasteiger partial charge in [0.15, 0.2) is 0 Å². The zero-order valence-electron chi connectivity index (χ0n) is 14.2. The van der Waals surface area contributed by atoms with Crippen LogP contribution in [0.25, 0.3) is 0 Å².